The number of unbranched alkanes of at least 4 members (excludes halogenated alkanes) is 1. The molecule has 2 N–H and O–H groups in total. The summed E-state index contributed by atoms with van der Waals surface area (Å²) in [5.74, 6) is 0.470. The van der Waals surface area contributed by atoms with Crippen molar-refractivity contribution in [2.75, 3.05) is 20.1 Å². The van der Waals surface area contributed by atoms with E-state index in [1.54, 1.807) is 12.1 Å². The van der Waals surface area contributed by atoms with Crippen molar-refractivity contribution in [1.82, 2.24) is 10.2 Å². The third-order valence-electron chi connectivity index (χ3n) is 3.24. The highest BCUT2D eigenvalue weighted by Gasteiger charge is 2.06. The van der Waals surface area contributed by atoms with Crippen LogP contribution in [0.5, 0.6) is 0 Å². The summed E-state index contributed by atoms with van der Waals surface area (Å²) in [5.41, 5.74) is 1.20. The SMILES string of the molecule is CCCCN(C)C(=NCc1ccc(F)c(CO)c1)NCC.I. The zero-order valence-corrected chi connectivity index (χ0v) is 15.9. The van der Waals surface area contributed by atoms with Gasteiger partial charge < -0.3 is 15.3 Å². The van der Waals surface area contributed by atoms with Crippen LogP contribution in [0.2, 0.25) is 0 Å². The van der Waals surface area contributed by atoms with E-state index in [-0.39, 0.29) is 36.4 Å². The van der Waals surface area contributed by atoms with Crippen molar-refractivity contribution in [3.05, 3.63) is 35.1 Å². The minimum absolute atomic E-state index is 0. The van der Waals surface area contributed by atoms with E-state index < -0.39 is 0 Å². The van der Waals surface area contributed by atoms with E-state index in [0.717, 1.165) is 37.5 Å². The van der Waals surface area contributed by atoms with Crippen LogP contribution in [0.4, 0.5) is 4.39 Å². The molecule has 0 atom stereocenters. The maximum Gasteiger partial charge on any atom is 0.193 e. The van der Waals surface area contributed by atoms with Gasteiger partial charge in [-0.1, -0.05) is 19.4 Å². The topological polar surface area (TPSA) is 47.9 Å². The number of benzene rings is 1. The molecule has 0 amide bonds. The molecule has 0 unspecified atom stereocenters. The van der Waals surface area contributed by atoms with Crippen molar-refractivity contribution in [2.24, 2.45) is 4.99 Å². The average Bonchev–Trinajstić information content (AvgIpc) is 2.50. The van der Waals surface area contributed by atoms with E-state index in [9.17, 15) is 4.39 Å². The maximum atomic E-state index is 13.3. The van der Waals surface area contributed by atoms with Crippen LogP contribution < -0.4 is 5.32 Å². The van der Waals surface area contributed by atoms with Gasteiger partial charge >= 0.3 is 0 Å². The number of aliphatic hydroxyl groups excluding tert-OH is 1. The van der Waals surface area contributed by atoms with E-state index in [2.05, 4.69) is 22.1 Å². The van der Waals surface area contributed by atoms with E-state index in [1.807, 2.05) is 14.0 Å². The summed E-state index contributed by atoms with van der Waals surface area (Å²) in [6, 6.07) is 4.74. The molecule has 6 heteroatoms. The standard InChI is InChI=1S/C16H26FN3O.HI/c1-4-6-9-20(3)16(18-5-2)19-11-13-7-8-15(17)14(10-13)12-21;/h7-8,10,21H,4-6,9,11-12H2,1-3H3,(H,18,19);1H. The first-order chi connectivity index (χ1) is 10.1. The predicted octanol–water partition coefficient (Wildman–Crippen LogP) is 3.13. The molecule has 0 spiro atoms. The number of guanidine groups is 1. The van der Waals surface area contributed by atoms with Crippen LogP contribution in [0, 0.1) is 5.82 Å². The number of aliphatic imine (C=N–C) groups is 1. The van der Waals surface area contributed by atoms with Crippen molar-refractivity contribution >= 4 is 29.9 Å². The Labute approximate surface area is 149 Å². The fourth-order valence-corrected chi connectivity index (χ4v) is 1.98. The molecule has 0 bridgehead atoms. The Morgan fingerprint density at radius 1 is 1.36 bits per heavy atom. The molecule has 4 nitrogen and oxygen atoms in total. The number of nitrogens with zero attached hydrogens (tertiary/aromatic N) is 2. The molecule has 0 fully saturated rings. The van der Waals surface area contributed by atoms with Crippen molar-refractivity contribution in [1.29, 1.82) is 0 Å². The minimum atomic E-state index is -0.378. The molecule has 22 heavy (non-hydrogen) atoms. The lowest BCUT2D eigenvalue weighted by atomic mass is 10.1. The molecule has 0 saturated carbocycles. The van der Waals surface area contributed by atoms with E-state index in [4.69, 9.17) is 5.11 Å². The van der Waals surface area contributed by atoms with Crippen LogP contribution in [-0.2, 0) is 13.2 Å². The van der Waals surface area contributed by atoms with Crippen molar-refractivity contribution in [2.45, 2.75) is 39.8 Å². The fraction of sp³-hybridized carbons (Fsp3) is 0.562. The molecule has 0 saturated heterocycles. The molecule has 1 aromatic carbocycles. The second kappa shape index (κ2) is 11.6. The molecule has 0 aromatic heterocycles. The lowest BCUT2D eigenvalue weighted by Gasteiger charge is -2.21. The first-order valence-electron chi connectivity index (χ1n) is 7.50. The highest BCUT2D eigenvalue weighted by Crippen LogP contribution is 2.11. The van der Waals surface area contributed by atoms with Crippen LogP contribution in [-0.4, -0.2) is 36.1 Å². The van der Waals surface area contributed by atoms with E-state index >= 15 is 0 Å². The van der Waals surface area contributed by atoms with E-state index in [0.29, 0.717) is 12.1 Å². The highest BCUT2D eigenvalue weighted by molar-refractivity contribution is 14.0. The summed E-state index contributed by atoms with van der Waals surface area (Å²) >= 11 is 0. The van der Waals surface area contributed by atoms with Gasteiger partial charge in [-0.15, -0.1) is 24.0 Å². The largest absolute Gasteiger partial charge is 0.392 e. The molecule has 0 aliphatic carbocycles. The van der Waals surface area contributed by atoms with Crippen molar-refractivity contribution in [3.63, 3.8) is 0 Å². The predicted molar refractivity (Wildman–Crippen MR) is 100 cm³/mol. The second-order valence-corrected chi connectivity index (χ2v) is 5.03. The molecule has 0 radical (unpaired) electrons. The number of aliphatic hydroxyl groups is 1. The van der Waals surface area contributed by atoms with Crippen LogP contribution in [0.15, 0.2) is 23.2 Å². The van der Waals surface area contributed by atoms with Gasteiger partial charge in [0.15, 0.2) is 5.96 Å². The third-order valence-corrected chi connectivity index (χ3v) is 3.24. The molecular formula is C16H27FIN3O. The summed E-state index contributed by atoms with van der Waals surface area (Å²) in [6.07, 6.45) is 2.26. The second-order valence-electron chi connectivity index (χ2n) is 5.03. The fourth-order valence-electron chi connectivity index (χ4n) is 1.98. The van der Waals surface area contributed by atoms with Gasteiger partial charge in [-0.2, -0.15) is 0 Å². The molecule has 1 aromatic rings. The molecule has 126 valence electrons. The summed E-state index contributed by atoms with van der Waals surface area (Å²) < 4.78 is 13.3. The lowest BCUT2D eigenvalue weighted by molar-refractivity contribution is 0.275. The van der Waals surface area contributed by atoms with Crippen LogP contribution in [0.1, 0.15) is 37.8 Å². The van der Waals surface area contributed by atoms with Gasteiger partial charge in [0.1, 0.15) is 5.82 Å². The molecule has 1 rings (SSSR count). The third kappa shape index (κ3) is 6.91. The van der Waals surface area contributed by atoms with Gasteiger partial charge in [-0.05, 0) is 31.0 Å². The zero-order valence-electron chi connectivity index (χ0n) is 13.6. The van der Waals surface area contributed by atoms with Crippen LogP contribution in [0.25, 0.3) is 0 Å². The van der Waals surface area contributed by atoms with Gasteiger partial charge in [0, 0.05) is 25.7 Å². The lowest BCUT2D eigenvalue weighted by Crippen LogP contribution is -2.39. The maximum absolute atomic E-state index is 13.3. The molecule has 0 aliphatic heterocycles. The normalized spacial score (nSPS) is 11.0. The number of halogens is 2. The molecular weight excluding hydrogens is 396 g/mol. The van der Waals surface area contributed by atoms with Gasteiger partial charge in [-0.25, -0.2) is 9.38 Å². The number of hydrogen-bond acceptors (Lipinski definition) is 2. The molecule has 0 heterocycles. The zero-order chi connectivity index (χ0) is 15.7. The average molecular weight is 423 g/mol. The Bertz CT molecular complexity index is 469. The van der Waals surface area contributed by atoms with Gasteiger partial charge in [-0.3, -0.25) is 0 Å². The number of nitrogens with one attached hydrogen (secondary N) is 1. The summed E-state index contributed by atoms with van der Waals surface area (Å²) in [6.45, 7) is 6.12. The Morgan fingerprint density at radius 3 is 2.68 bits per heavy atom. The monoisotopic (exact) mass is 423 g/mol. The van der Waals surface area contributed by atoms with Crippen LogP contribution in [0.3, 0.4) is 0 Å². The van der Waals surface area contributed by atoms with Gasteiger partial charge in [0.05, 0.1) is 13.2 Å². The quantitative estimate of drug-likeness (QED) is 0.403. The highest BCUT2D eigenvalue weighted by atomic mass is 127. The summed E-state index contributed by atoms with van der Waals surface area (Å²) in [5, 5.41) is 12.3. The summed E-state index contributed by atoms with van der Waals surface area (Å²) in [7, 11) is 2.01. The van der Waals surface area contributed by atoms with Crippen molar-refractivity contribution < 1.29 is 9.50 Å². The molecule has 0 aliphatic rings. The Kier molecular flexibility index (Phi) is 11.2. The smallest absolute Gasteiger partial charge is 0.193 e. The van der Waals surface area contributed by atoms with E-state index in [1.165, 1.54) is 6.07 Å². The Balaban J connectivity index is 0.00000441. The number of rotatable bonds is 7. The summed E-state index contributed by atoms with van der Waals surface area (Å²) in [4.78, 5) is 6.67. The minimum Gasteiger partial charge on any atom is -0.392 e. The first-order valence-corrected chi connectivity index (χ1v) is 7.50. The first kappa shape index (κ1) is 21.1. The van der Waals surface area contributed by atoms with Crippen LogP contribution >= 0.6 is 24.0 Å². The van der Waals surface area contributed by atoms with Gasteiger partial charge in [0.2, 0.25) is 0 Å². The van der Waals surface area contributed by atoms with Crippen molar-refractivity contribution in [3.8, 4) is 0 Å². The Morgan fingerprint density at radius 2 is 2.09 bits per heavy atom. The number of hydrogen-bond donors (Lipinski definition) is 2. The Hall–Kier alpha value is -0.890. The van der Waals surface area contributed by atoms with Gasteiger partial charge in [0.25, 0.3) is 0 Å².